The molecule has 4 heteroatoms. The van der Waals surface area contributed by atoms with Crippen molar-refractivity contribution >= 4 is 23.4 Å². The number of halogens is 1. The smallest absolute Gasteiger partial charge is 0.120 e. The van der Waals surface area contributed by atoms with Gasteiger partial charge in [-0.3, -0.25) is 0 Å². The molecule has 1 unspecified atom stereocenters. The third kappa shape index (κ3) is 4.08. The summed E-state index contributed by atoms with van der Waals surface area (Å²) in [5, 5.41) is 0.714. The van der Waals surface area contributed by atoms with Gasteiger partial charge in [0.05, 0.1) is 6.61 Å². The molecule has 0 aromatic heterocycles. The molecule has 1 saturated heterocycles. The summed E-state index contributed by atoms with van der Waals surface area (Å²) in [6.45, 7) is 1.40. The van der Waals surface area contributed by atoms with Crippen molar-refractivity contribution in [2.24, 2.45) is 17.6 Å². The van der Waals surface area contributed by atoms with E-state index in [1.807, 2.05) is 36.0 Å². The van der Waals surface area contributed by atoms with Crippen LogP contribution in [0.25, 0.3) is 0 Å². The average Bonchev–Trinajstić information content (AvgIpc) is 2.41. The van der Waals surface area contributed by atoms with Crippen molar-refractivity contribution in [1.82, 2.24) is 0 Å². The third-order valence-electron chi connectivity index (χ3n) is 3.50. The minimum absolute atomic E-state index is 0.463. The molecule has 1 aliphatic heterocycles. The van der Waals surface area contributed by atoms with E-state index in [-0.39, 0.29) is 0 Å². The quantitative estimate of drug-likeness (QED) is 0.900. The van der Waals surface area contributed by atoms with E-state index in [0.717, 1.165) is 11.7 Å². The molecule has 0 bridgehead atoms. The maximum absolute atomic E-state index is 5.94. The molecule has 1 aromatic rings. The van der Waals surface area contributed by atoms with Crippen LogP contribution >= 0.6 is 23.4 Å². The summed E-state index contributed by atoms with van der Waals surface area (Å²) in [6.07, 6.45) is 2.54. The van der Waals surface area contributed by atoms with Gasteiger partial charge in [-0.15, -0.1) is 0 Å². The molecule has 100 valence electrons. The topological polar surface area (TPSA) is 35.2 Å². The number of nitrogens with two attached hydrogens (primary N) is 1. The molecule has 0 saturated carbocycles. The zero-order valence-electron chi connectivity index (χ0n) is 10.5. The van der Waals surface area contributed by atoms with E-state index < -0.39 is 0 Å². The summed E-state index contributed by atoms with van der Waals surface area (Å²) in [4.78, 5) is 0. The van der Waals surface area contributed by atoms with Gasteiger partial charge in [0, 0.05) is 10.9 Å². The Hall–Kier alpha value is -0.380. The Bertz CT molecular complexity index is 369. The Labute approximate surface area is 118 Å². The second-order valence-corrected chi connectivity index (χ2v) is 6.38. The van der Waals surface area contributed by atoms with Gasteiger partial charge in [0.1, 0.15) is 5.75 Å². The van der Waals surface area contributed by atoms with Crippen LogP contribution in [-0.2, 0) is 0 Å². The van der Waals surface area contributed by atoms with E-state index >= 15 is 0 Å². The third-order valence-corrected chi connectivity index (χ3v) is 4.78. The molecule has 0 radical (unpaired) electrons. The highest BCUT2D eigenvalue weighted by Crippen LogP contribution is 2.29. The van der Waals surface area contributed by atoms with Gasteiger partial charge in [0.2, 0.25) is 0 Å². The van der Waals surface area contributed by atoms with E-state index in [0.29, 0.717) is 24.1 Å². The molecule has 1 atom stereocenters. The predicted octanol–water partition coefficient (Wildman–Crippen LogP) is 3.44. The standard InChI is InChI=1S/C14H20ClNOS/c15-13-2-1-3-14(8-13)17-10-12(9-16)11-4-6-18-7-5-11/h1-3,8,11-12H,4-7,9-10,16H2. The lowest BCUT2D eigenvalue weighted by atomic mass is 9.88. The van der Waals surface area contributed by atoms with Crippen LogP contribution in [0.1, 0.15) is 12.8 Å². The highest BCUT2D eigenvalue weighted by atomic mass is 35.5. The SMILES string of the molecule is NCC(COc1cccc(Cl)c1)C1CCSCC1. The summed E-state index contributed by atoms with van der Waals surface area (Å²) >= 11 is 7.98. The van der Waals surface area contributed by atoms with Gasteiger partial charge >= 0.3 is 0 Å². The number of ether oxygens (including phenoxy) is 1. The summed E-state index contributed by atoms with van der Waals surface area (Å²) in [5.74, 6) is 4.54. The summed E-state index contributed by atoms with van der Waals surface area (Å²) in [7, 11) is 0. The molecule has 0 aliphatic carbocycles. The van der Waals surface area contributed by atoms with E-state index in [4.69, 9.17) is 22.1 Å². The maximum Gasteiger partial charge on any atom is 0.120 e. The highest BCUT2D eigenvalue weighted by molar-refractivity contribution is 7.99. The number of thioether (sulfide) groups is 1. The van der Waals surface area contributed by atoms with E-state index in [9.17, 15) is 0 Å². The molecular formula is C14H20ClNOS. The molecular weight excluding hydrogens is 266 g/mol. The summed E-state index contributed by atoms with van der Waals surface area (Å²) < 4.78 is 5.82. The lowest BCUT2D eigenvalue weighted by molar-refractivity contribution is 0.191. The van der Waals surface area contributed by atoms with Crippen molar-refractivity contribution in [2.45, 2.75) is 12.8 Å². The molecule has 2 nitrogen and oxygen atoms in total. The monoisotopic (exact) mass is 285 g/mol. The van der Waals surface area contributed by atoms with Crippen LogP contribution in [0.4, 0.5) is 0 Å². The first kappa shape index (κ1) is 14.0. The molecule has 18 heavy (non-hydrogen) atoms. The van der Waals surface area contributed by atoms with E-state index in [2.05, 4.69) is 0 Å². The molecule has 1 aromatic carbocycles. The second kappa shape index (κ2) is 7.27. The van der Waals surface area contributed by atoms with Crippen LogP contribution in [0.2, 0.25) is 5.02 Å². The maximum atomic E-state index is 5.94. The predicted molar refractivity (Wildman–Crippen MR) is 79.5 cm³/mol. The number of hydrogen-bond donors (Lipinski definition) is 1. The molecule has 0 spiro atoms. The van der Waals surface area contributed by atoms with Crippen LogP contribution in [0.3, 0.4) is 0 Å². The Morgan fingerprint density at radius 1 is 1.39 bits per heavy atom. The number of benzene rings is 1. The molecule has 1 aliphatic rings. The fraction of sp³-hybridized carbons (Fsp3) is 0.571. The van der Waals surface area contributed by atoms with Gasteiger partial charge in [-0.25, -0.2) is 0 Å². The Morgan fingerprint density at radius 2 is 2.17 bits per heavy atom. The van der Waals surface area contributed by atoms with Gasteiger partial charge in [-0.05, 0) is 55.0 Å². The van der Waals surface area contributed by atoms with Crippen molar-refractivity contribution in [1.29, 1.82) is 0 Å². The molecule has 1 fully saturated rings. The first-order valence-corrected chi connectivity index (χ1v) is 7.99. The van der Waals surface area contributed by atoms with Gasteiger partial charge in [-0.1, -0.05) is 17.7 Å². The van der Waals surface area contributed by atoms with Crippen LogP contribution in [0, 0.1) is 11.8 Å². The van der Waals surface area contributed by atoms with Gasteiger partial charge in [-0.2, -0.15) is 11.8 Å². The zero-order chi connectivity index (χ0) is 12.8. The normalized spacial score (nSPS) is 18.6. The van der Waals surface area contributed by atoms with Crippen LogP contribution in [0.15, 0.2) is 24.3 Å². The Morgan fingerprint density at radius 3 is 2.83 bits per heavy atom. The van der Waals surface area contributed by atoms with Gasteiger partial charge in [0.15, 0.2) is 0 Å². The number of hydrogen-bond acceptors (Lipinski definition) is 3. The molecule has 1 heterocycles. The van der Waals surface area contributed by atoms with Crippen LogP contribution < -0.4 is 10.5 Å². The van der Waals surface area contributed by atoms with E-state index in [1.165, 1.54) is 24.3 Å². The lowest BCUT2D eigenvalue weighted by Crippen LogP contribution is -2.31. The number of rotatable bonds is 5. The zero-order valence-corrected chi connectivity index (χ0v) is 12.1. The molecule has 2 rings (SSSR count). The minimum Gasteiger partial charge on any atom is -0.493 e. The van der Waals surface area contributed by atoms with Crippen molar-refractivity contribution in [3.8, 4) is 5.75 Å². The van der Waals surface area contributed by atoms with Crippen molar-refractivity contribution in [3.05, 3.63) is 29.3 Å². The average molecular weight is 286 g/mol. The highest BCUT2D eigenvalue weighted by Gasteiger charge is 2.23. The molecule has 2 N–H and O–H groups in total. The fourth-order valence-electron chi connectivity index (χ4n) is 2.34. The second-order valence-electron chi connectivity index (χ2n) is 4.71. The minimum atomic E-state index is 0.463. The molecule has 0 amide bonds. The fourth-order valence-corrected chi connectivity index (χ4v) is 3.67. The van der Waals surface area contributed by atoms with Crippen molar-refractivity contribution in [2.75, 3.05) is 24.7 Å². The first-order valence-electron chi connectivity index (χ1n) is 6.46. The van der Waals surface area contributed by atoms with Gasteiger partial charge in [0.25, 0.3) is 0 Å². The summed E-state index contributed by atoms with van der Waals surface area (Å²) in [6, 6.07) is 7.56. The first-order chi connectivity index (χ1) is 8.79. The summed E-state index contributed by atoms with van der Waals surface area (Å²) in [5.41, 5.74) is 5.88. The Balaban J connectivity index is 1.86. The van der Waals surface area contributed by atoms with Crippen molar-refractivity contribution in [3.63, 3.8) is 0 Å². The Kier molecular flexibility index (Phi) is 5.67. The van der Waals surface area contributed by atoms with Crippen LogP contribution in [0.5, 0.6) is 5.75 Å². The van der Waals surface area contributed by atoms with Crippen molar-refractivity contribution < 1.29 is 4.74 Å². The van der Waals surface area contributed by atoms with Crippen LogP contribution in [-0.4, -0.2) is 24.7 Å². The largest absolute Gasteiger partial charge is 0.493 e. The van der Waals surface area contributed by atoms with E-state index in [1.54, 1.807) is 0 Å². The van der Waals surface area contributed by atoms with Gasteiger partial charge < -0.3 is 10.5 Å². The lowest BCUT2D eigenvalue weighted by Gasteiger charge is -2.29.